The molecular weight excluding hydrogens is 407 g/mol. The van der Waals surface area contributed by atoms with Crippen LogP contribution in [-0.2, 0) is 27.2 Å². The van der Waals surface area contributed by atoms with Gasteiger partial charge >= 0.3 is 7.32 Å². The minimum atomic E-state index is -2.05. The summed E-state index contributed by atoms with van der Waals surface area (Å²) in [5.74, 6) is -1.03. The molecule has 4 N–H and O–H groups in total. The lowest BCUT2D eigenvalue weighted by Gasteiger charge is -2.19. The van der Waals surface area contributed by atoms with Crippen LogP contribution in [0.1, 0.15) is 17.5 Å². The number of hydrogen-bond donors (Lipinski definition) is 4. The molecule has 0 saturated carbocycles. The molecule has 3 aromatic carbocycles. The standard InChI is InChI=1S/C24H25BN2O5/c28-22(26-17-19-10-7-13-21(14-19)20-11-5-2-6-12-20)16-23(29)27-24(32-25(30)31)15-18-8-3-1-4-9-18/h1-14,24,30-31H,15-17H2,(H,26,28)(H,27,29)/t24-/m1/s1. The molecule has 3 rings (SSSR count). The van der Waals surface area contributed by atoms with E-state index >= 15 is 0 Å². The molecule has 7 nitrogen and oxygen atoms in total. The molecule has 0 bridgehead atoms. The molecule has 0 fully saturated rings. The third-order valence-corrected chi connectivity index (χ3v) is 4.72. The number of benzene rings is 3. The summed E-state index contributed by atoms with van der Waals surface area (Å²) in [4.78, 5) is 24.5. The first kappa shape index (κ1) is 23.2. The van der Waals surface area contributed by atoms with Crippen LogP contribution in [0.2, 0.25) is 0 Å². The average molecular weight is 432 g/mol. The summed E-state index contributed by atoms with van der Waals surface area (Å²) in [7, 11) is -2.05. The maximum atomic E-state index is 12.3. The molecule has 0 unspecified atom stereocenters. The summed E-state index contributed by atoms with van der Waals surface area (Å²) in [5.41, 5.74) is 3.86. The molecule has 3 aromatic rings. The maximum absolute atomic E-state index is 12.3. The van der Waals surface area contributed by atoms with Crippen LogP contribution in [0.3, 0.4) is 0 Å². The fourth-order valence-corrected chi connectivity index (χ4v) is 3.24. The van der Waals surface area contributed by atoms with Gasteiger partial charge in [0.1, 0.15) is 12.6 Å². The van der Waals surface area contributed by atoms with Gasteiger partial charge in [-0.1, -0.05) is 78.9 Å². The van der Waals surface area contributed by atoms with E-state index in [0.717, 1.165) is 22.3 Å². The van der Waals surface area contributed by atoms with Gasteiger partial charge in [-0.15, -0.1) is 0 Å². The Morgan fingerprint density at radius 2 is 1.44 bits per heavy atom. The number of rotatable bonds is 10. The van der Waals surface area contributed by atoms with Gasteiger partial charge in [0, 0.05) is 13.0 Å². The largest absolute Gasteiger partial charge is 0.635 e. The zero-order valence-corrected chi connectivity index (χ0v) is 17.5. The third-order valence-electron chi connectivity index (χ3n) is 4.72. The van der Waals surface area contributed by atoms with E-state index in [1.807, 2.05) is 84.9 Å². The van der Waals surface area contributed by atoms with Crippen molar-refractivity contribution in [3.8, 4) is 11.1 Å². The molecule has 32 heavy (non-hydrogen) atoms. The zero-order valence-electron chi connectivity index (χ0n) is 17.5. The number of hydrogen-bond acceptors (Lipinski definition) is 5. The molecule has 0 heterocycles. The summed E-state index contributed by atoms with van der Waals surface area (Å²) in [6.45, 7) is 0.284. The van der Waals surface area contributed by atoms with Gasteiger partial charge in [0.15, 0.2) is 0 Å². The highest BCUT2D eigenvalue weighted by Gasteiger charge is 2.21. The normalized spacial score (nSPS) is 11.4. The van der Waals surface area contributed by atoms with Crippen molar-refractivity contribution in [3.05, 3.63) is 96.1 Å². The minimum Gasteiger partial charge on any atom is -0.402 e. The summed E-state index contributed by atoms with van der Waals surface area (Å²) in [6.07, 6.45) is -1.17. The van der Waals surface area contributed by atoms with Gasteiger partial charge < -0.3 is 25.3 Å². The Morgan fingerprint density at radius 1 is 0.812 bits per heavy atom. The molecular formula is C24H25BN2O5. The monoisotopic (exact) mass is 432 g/mol. The van der Waals surface area contributed by atoms with Crippen molar-refractivity contribution in [1.29, 1.82) is 0 Å². The van der Waals surface area contributed by atoms with Crippen molar-refractivity contribution in [2.45, 2.75) is 25.6 Å². The van der Waals surface area contributed by atoms with Crippen molar-refractivity contribution >= 4 is 19.1 Å². The molecule has 0 aromatic heterocycles. The Bertz CT molecular complexity index is 1020. The lowest BCUT2D eigenvalue weighted by Crippen LogP contribution is -2.43. The Balaban J connectivity index is 1.51. The summed E-state index contributed by atoms with van der Waals surface area (Å²) in [5, 5.41) is 23.5. The van der Waals surface area contributed by atoms with Crippen LogP contribution in [0, 0.1) is 0 Å². The van der Waals surface area contributed by atoms with E-state index in [0.29, 0.717) is 0 Å². The van der Waals surface area contributed by atoms with E-state index in [9.17, 15) is 9.59 Å². The van der Waals surface area contributed by atoms with Crippen LogP contribution in [-0.4, -0.2) is 35.4 Å². The Hall–Kier alpha value is -3.46. The van der Waals surface area contributed by atoms with Gasteiger partial charge in [0.25, 0.3) is 0 Å². The number of carbonyl (C=O) groups is 2. The molecule has 0 spiro atoms. The lowest BCUT2D eigenvalue weighted by molar-refractivity contribution is -0.130. The minimum absolute atomic E-state index is 0.220. The van der Waals surface area contributed by atoms with Crippen LogP contribution >= 0.6 is 0 Å². The molecule has 0 aliphatic heterocycles. The number of carbonyl (C=O) groups excluding carboxylic acids is 2. The number of amides is 2. The Kier molecular flexibility index (Phi) is 8.56. The van der Waals surface area contributed by atoms with Crippen LogP contribution in [0.4, 0.5) is 0 Å². The first-order valence-corrected chi connectivity index (χ1v) is 10.3. The predicted molar refractivity (Wildman–Crippen MR) is 122 cm³/mol. The molecule has 164 valence electrons. The molecule has 0 aliphatic carbocycles. The Morgan fingerprint density at radius 3 is 2.12 bits per heavy atom. The van der Waals surface area contributed by atoms with Crippen LogP contribution in [0.15, 0.2) is 84.9 Å². The topological polar surface area (TPSA) is 108 Å². The van der Waals surface area contributed by atoms with Gasteiger partial charge in [-0.25, -0.2) is 0 Å². The van der Waals surface area contributed by atoms with E-state index in [1.54, 1.807) is 0 Å². The second kappa shape index (κ2) is 11.8. The predicted octanol–water partition coefficient (Wildman–Crippen LogP) is 2.03. The van der Waals surface area contributed by atoms with Gasteiger partial charge in [-0.3, -0.25) is 9.59 Å². The van der Waals surface area contributed by atoms with Crippen molar-refractivity contribution in [2.75, 3.05) is 0 Å². The first-order chi connectivity index (χ1) is 15.5. The summed E-state index contributed by atoms with van der Waals surface area (Å²) >= 11 is 0. The van der Waals surface area contributed by atoms with Crippen molar-refractivity contribution in [2.24, 2.45) is 0 Å². The van der Waals surface area contributed by atoms with Gasteiger partial charge in [0.2, 0.25) is 11.8 Å². The lowest BCUT2D eigenvalue weighted by atomic mass is 10.0. The van der Waals surface area contributed by atoms with E-state index in [2.05, 4.69) is 10.6 Å². The highest BCUT2D eigenvalue weighted by molar-refractivity contribution is 6.32. The molecule has 0 radical (unpaired) electrons. The zero-order chi connectivity index (χ0) is 22.8. The second-order valence-corrected chi connectivity index (χ2v) is 7.23. The van der Waals surface area contributed by atoms with E-state index < -0.39 is 31.8 Å². The number of nitrogens with one attached hydrogen (secondary N) is 2. The smallest absolute Gasteiger partial charge is 0.402 e. The van der Waals surface area contributed by atoms with Gasteiger partial charge in [-0.2, -0.15) is 0 Å². The fraction of sp³-hybridized carbons (Fsp3) is 0.167. The Labute approximate surface area is 187 Å². The van der Waals surface area contributed by atoms with Crippen LogP contribution in [0.5, 0.6) is 0 Å². The first-order valence-electron chi connectivity index (χ1n) is 10.3. The molecule has 0 saturated heterocycles. The second-order valence-electron chi connectivity index (χ2n) is 7.23. The summed E-state index contributed by atoms with van der Waals surface area (Å²) in [6, 6.07) is 26.9. The molecule has 8 heteroatoms. The summed E-state index contributed by atoms with van der Waals surface area (Å²) < 4.78 is 4.94. The fourth-order valence-electron chi connectivity index (χ4n) is 3.24. The van der Waals surface area contributed by atoms with E-state index in [-0.39, 0.29) is 13.0 Å². The van der Waals surface area contributed by atoms with Crippen LogP contribution < -0.4 is 10.6 Å². The SMILES string of the molecule is O=C(CC(=O)N[C@@H](Cc1ccccc1)OB(O)O)NCc1cccc(-c2ccccc2)c1. The van der Waals surface area contributed by atoms with Crippen molar-refractivity contribution in [3.63, 3.8) is 0 Å². The quantitative estimate of drug-likeness (QED) is 0.223. The van der Waals surface area contributed by atoms with E-state index in [4.69, 9.17) is 14.7 Å². The maximum Gasteiger partial charge on any atom is 0.635 e. The van der Waals surface area contributed by atoms with E-state index in [1.165, 1.54) is 0 Å². The van der Waals surface area contributed by atoms with Gasteiger partial charge in [-0.05, 0) is 28.3 Å². The van der Waals surface area contributed by atoms with Crippen molar-refractivity contribution < 1.29 is 24.3 Å². The molecule has 0 aliphatic rings. The molecule has 1 atom stereocenters. The highest BCUT2D eigenvalue weighted by Crippen LogP contribution is 2.19. The third kappa shape index (κ3) is 7.66. The van der Waals surface area contributed by atoms with Crippen molar-refractivity contribution in [1.82, 2.24) is 10.6 Å². The van der Waals surface area contributed by atoms with Crippen LogP contribution in [0.25, 0.3) is 11.1 Å². The van der Waals surface area contributed by atoms with Gasteiger partial charge in [0.05, 0.1) is 0 Å². The average Bonchev–Trinajstić information content (AvgIpc) is 2.78. The highest BCUT2D eigenvalue weighted by atomic mass is 16.6. The molecule has 2 amide bonds.